The summed E-state index contributed by atoms with van der Waals surface area (Å²) in [5, 5.41) is 19.7. The van der Waals surface area contributed by atoms with Crippen LogP contribution in [0.1, 0.15) is 12.5 Å². The molecule has 0 fully saturated rings. The number of ether oxygens (including phenoxy) is 1. The van der Waals surface area contributed by atoms with E-state index < -0.39 is 4.92 Å². The number of anilines is 1. The lowest BCUT2D eigenvalue weighted by Gasteiger charge is -2.23. The fourth-order valence-electron chi connectivity index (χ4n) is 1.92. The average molecular weight is 263 g/mol. The smallest absolute Gasteiger partial charge is 0.287 e. The van der Waals surface area contributed by atoms with Crippen LogP contribution in [-0.2, 0) is 4.74 Å². The quantitative estimate of drug-likeness (QED) is 0.580. The second-order valence-electron chi connectivity index (χ2n) is 4.51. The van der Waals surface area contributed by atoms with Crippen LogP contribution in [-0.4, -0.2) is 32.2 Å². The van der Waals surface area contributed by atoms with E-state index in [0.717, 1.165) is 12.2 Å². The zero-order valence-corrected chi connectivity index (χ0v) is 11.3. The Kier molecular flexibility index (Phi) is 5.27. The van der Waals surface area contributed by atoms with Crippen LogP contribution in [0.15, 0.2) is 18.2 Å². The summed E-state index contributed by atoms with van der Waals surface area (Å²) < 4.78 is 5.07. The van der Waals surface area contributed by atoms with Crippen LogP contribution < -0.4 is 4.90 Å². The van der Waals surface area contributed by atoms with E-state index in [4.69, 9.17) is 10.00 Å². The van der Waals surface area contributed by atoms with Crippen molar-refractivity contribution in [2.45, 2.75) is 6.92 Å². The standard InChI is InChI=1S/C13H17N3O3/c1-10(9-19-3)8-15(2)12-4-5-13(16(17)18)11(6-12)7-14/h4-6,10H,8-9H2,1-3H3/t10-/m1/s1. The molecule has 1 aromatic rings. The zero-order chi connectivity index (χ0) is 14.4. The molecular formula is C13H17N3O3. The lowest BCUT2D eigenvalue weighted by atomic mass is 10.1. The first-order valence-corrected chi connectivity index (χ1v) is 5.88. The Morgan fingerprint density at radius 1 is 1.58 bits per heavy atom. The third-order valence-corrected chi connectivity index (χ3v) is 2.77. The largest absolute Gasteiger partial charge is 0.384 e. The minimum absolute atomic E-state index is 0.0775. The first-order chi connectivity index (χ1) is 8.99. The fraction of sp³-hybridized carbons (Fsp3) is 0.462. The number of hydrogen-bond acceptors (Lipinski definition) is 5. The number of methoxy groups -OCH3 is 1. The van der Waals surface area contributed by atoms with E-state index in [1.165, 1.54) is 12.1 Å². The van der Waals surface area contributed by atoms with Crippen LogP contribution in [0.4, 0.5) is 11.4 Å². The molecule has 102 valence electrons. The Balaban J connectivity index is 2.90. The van der Waals surface area contributed by atoms with Gasteiger partial charge in [-0.2, -0.15) is 5.26 Å². The van der Waals surface area contributed by atoms with Crippen LogP contribution in [0.5, 0.6) is 0 Å². The Bertz CT molecular complexity index is 496. The first kappa shape index (κ1) is 14.9. The highest BCUT2D eigenvalue weighted by Crippen LogP contribution is 2.24. The molecule has 0 spiro atoms. The van der Waals surface area contributed by atoms with Gasteiger partial charge in [0.25, 0.3) is 5.69 Å². The highest BCUT2D eigenvalue weighted by molar-refractivity contribution is 5.59. The minimum atomic E-state index is -0.546. The number of benzene rings is 1. The molecule has 1 aromatic carbocycles. The molecule has 0 aliphatic heterocycles. The maximum atomic E-state index is 10.7. The van der Waals surface area contributed by atoms with E-state index in [1.807, 2.05) is 18.0 Å². The first-order valence-electron chi connectivity index (χ1n) is 5.88. The zero-order valence-electron chi connectivity index (χ0n) is 11.3. The van der Waals surface area contributed by atoms with Crippen LogP contribution >= 0.6 is 0 Å². The Hall–Kier alpha value is -2.13. The van der Waals surface area contributed by atoms with E-state index in [-0.39, 0.29) is 11.3 Å². The van der Waals surface area contributed by atoms with Crippen molar-refractivity contribution in [1.82, 2.24) is 0 Å². The Morgan fingerprint density at radius 3 is 2.79 bits per heavy atom. The predicted molar refractivity (Wildman–Crippen MR) is 72.1 cm³/mol. The number of hydrogen-bond donors (Lipinski definition) is 0. The molecule has 0 unspecified atom stereocenters. The third kappa shape index (κ3) is 3.93. The maximum Gasteiger partial charge on any atom is 0.287 e. The van der Waals surface area contributed by atoms with Crippen molar-refractivity contribution in [1.29, 1.82) is 5.26 Å². The van der Waals surface area contributed by atoms with Gasteiger partial charge in [0, 0.05) is 32.5 Å². The molecule has 0 bridgehead atoms. The molecule has 0 aliphatic rings. The van der Waals surface area contributed by atoms with Gasteiger partial charge in [0.15, 0.2) is 0 Å². The summed E-state index contributed by atoms with van der Waals surface area (Å²) in [6.45, 7) is 3.44. The summed E-state index contributed by atoms with van der Waals surface area (Å²) in [5.74, 6) is 0.329. The molecule has 6 nitrogen and oxygen atoms in total. The van der Waals surface area contributed by atoms with Crippen LogP contribution in [0.2, 0.25) is 0 Å². The number of nitro benzene ring substituents is 1. The van der Waals surface area contributed by atoms with Gasteiger partial charge < -0.3 is 9.64 Å². The number of nitrogens with zero attached hydrogens (tertiary/aromatic N) is 3. The highest BCUT2D eigenvalue weighted by Gasteiger charge is 2.15. The molecular weight excluding hydrogens is 246 g/mol. The van der Waals surface area contributed by atoms with Gasteiger partial charge in [-0.05, 0) is 18.1 Å². The Morgan fingerprint density at radius 2 is 2.26 bits per heavy atom. The summed E-state index contributed by atoms with van der Waals surface area (Å²) in [5.41, 5.74) is 0.698. The summed E-state index contributed by atoms with van der Waals surface area (Å²) in [7, 11) is 3.53. The van der Waals surface area contributed by atoms with Gasteiger partial charge in [-0.3, -0.25) is 10.1 Å². The molecule has 0 saturated heterocycles. The molecule has 0 radical (unpaired) electrons. The van der Waals surface area contributed by atoms with Gasteiger partial charge in [-0.1, -0.05) is 6.92 Å². The van der Waals surface area contributed by atoms with Gasteiger partial charge >= 0.3 is 0 Å². The third-order valence-electron chi connectivity index (χ3n) is 2.77. The molecule has 1 rings (SSSR count). The number of nitriles is 1. The number of nitro groups is 1. The van der Waals surface area contributed by atoms with Crippen LogP contribution in [0.3, 0.4) is 0 Å². The predicted octanol–water partition coefficient (Wildman–Crippen LogP) is 2.19. The van der Waals surface area contributed by atoms with Gasteiger partial charge in [-0.15, -0.1) is 0 Å². The minimum Gasteiger partial charge on any atom is -0.384 e. The van der Waals surface area contributed by atoms with Crippen molar-refractivity contribution in [3.63, 3.8) is 0 Å². The van der Waals surface area contributed by atoms with Gasteiger partial charge in [0.05, 0.1) is 11.5 Å². The molecule has 0 saturated carbocycles. The van der Waals surface area contributed by atoms with Crippen molar-refractivity contribution < 1.29 is 9.66 Å². The van der Waals surface area contributed by atoms with E-state index in [9.17, 15) is 10.1 Å². The van der Waals surface area contributed by atoms with E-state index in [1.54, 1.807) is 13.2 Å². The van der Waals surface area contributed by atoms with Crippen molar-refractivity contribution >= 4 is 11.4 Å². The lowest BCUT2D eigenvalue weighted by Crippen LogP contribution is -2.26. The topological polar surface area (TPSA) is 79.4 Å². The second-order valence-corrected chi connectivity index (χ2v) is 4.51. The maximum absolute atomic E-state index is 10.7. The molecule has 0 aromatic heterocycles. The monoisotopic (exact) mass is 263 g/mol. The summed E-state index contributed by atoms with van der Waals surface area (Å²) >= 11 is 0. The molecule has 0 amide bonds. The van der Waals surface area contributed by atoms with Crippen molar-refractivity contribution in [2.24, 2.45) is 5.92 Å². The molecule has 1 atom stereocenters. The van der Waals surface area contributed by atoms with Crippen LogP contribution in [0, 0.1) is 27.4 Å². The number of rotatable bonds is 6. The molecule has 0 N–H and O–H groups in total. The van der Waals surface area contributed by atoms with E-state index in [2.05, 4.69) is 6.92 Å². The molecule has 0 aliphatic carbocycles. The summed E-state index contributed by atoms with van der Waals surface area (Å²) in [4.78, 5) is 12.2. The van der Waals surface area contributed by atoms with Gasteiger partial charge in [0.2, 0.25) is 0 Å². The highest BCUT2D eigenvalue weighted by atomic mass is 16.6. The van der Waals surface area contributed by atoms with Crippen LogP contribution in [0.25, 0.3) is 0 Å². The summed E-state index contributed by atoms with van der Waals surface area (Å²) in [6, 6.07) is 6.41. The Labute approximate surface area is 112 Å². The van der Waals surface area contributed by atoms with Crippen molar-refractivity contribution in [3.05, 3.63) is 33.9 Å². The van der Waals surface area contributed by atoms with Gasteiger partial charge in [-0.25, -0.2) is 0 Å². The van der Waals surface area contributed by atoms with E-state index in [0.29, 0.717) is 12.5 Å². The molecule has 19 heavy (non-hydrogen) atoms. The molecule has 6 heteroatoms. The second kappa shape index (κ2) is 6.71. The van der Waals surface area contributed by atoms with E-state index >= 15 is 0 Å². The summed E-state index contributed by atoms with van der Waals surface area (Å²) in [6.07, 6.45) is 0. The normalized spacial score (nSPS) is 11.7. The van der Waals surface area contributed by atoms with Gasteiger partial charge in [0.1, 0.15) is 11.6 Å². The lowest BCUT2D eigenvalue weighted by molar-refractivity contribution is -0.385. The van der Waals surface area contributed by atoms with Crippen molar-refractivity contribution in [3.8, 4) is 6.07 Å². The van der Waals surface area contributed by atoms with Crippen molar-refractivity contribution in [2.75, 3.05) is 32.2 Å². The average Bonchev–Trinajstić information content (AvgIpc) is 2.37. The SMILES string of the molecule is COC[C@H](C)CN(C)c1ccc([N+](=O)[O-])c(C#N)c1. The molecule has 0 heterocycles. The fourth-order valence-corrected chi connectivity index (χ4v) is 1.92.